The third-order valence-corrected chi connectivity index (χ3v) is 7.50. The van der Waals surface area contributed by atoms with Crippen molar-refractivity contribution in [3.8, 4) is 0 Å². The molecule has 1 aromatic carbocycles. The van der Waals surface area contributed by atoms with Crippen LogP contribution in [0.1, 0.15) is 53.0 Å². The van der Waals surface area contributed by atoms with E-state index in [0.29, 0.717) is 6.04 Å². The zero-order valence-electron chi connectivity index (χ0n) is 19.0. The maximum absolute atomic E-state index is 13.2. The number of likely N-dealkylation sites (tertiary alicyclic amines) is 1. The van der Waals surface area contributed by atoms with Gasteiger partial charge in [0.05, 0.1) is 0 Å². The van der Waals surface area contributed by atoms with E-state index in [-0.39, 0.29) is 5.91 Å². The van der Waals surface area contributed by atoms with Crippen LogP contribution >= 0.6 is 0 Å². The summed E-state index contributed by atoms with van der Waals surface area (Å²) in [5.41, 5.74) is 5.86. The van der Waals surface area contributed by atoms with Crippen molar-refractivity contribution in [3.63, 3.8) is 0 Å². The molecule has 1 aliphatic carbocycles. The maximum atomic E-state index is 13.2. The molecule has 166 valence electrons. The van der Waals surface area contributed by atoms with Gasteiger partial charge in [0.25, 0.3) is 5.91 Å². The van der Waals surface area contributed by atoms with Gasteiger partial charge in [-0.25, -0.2) is 0 Å². The van der Waals surface area contributed by atoms with E-state index in [1.165, 1.54) is 28.9 Å². The standard InChI is InChI=1S/C25H35N5O/c1-19-6-8-20(9-7-19)28-14-16-29(17-15-28)21-10-11-23-22(18-21)24(26-27(23)2)25(31)30-12-4-3-5-13-30/h6-9,21H,3-5,10-18H2,1-2H3. The van der Waals surface area contributed by atoms with E-state index >= 15 is 0 Å². The molecule has 1 atom stereocenters. The summed E-state index contributed by atoms with van der Waals surface area (Å²) < 4.78 is 1.97. The Bertz CT molecular complexity index is 920. The lowest BCUT2D eigenvalue weighted by atomic mass is 9.89. The molecule has 0 N–H and O–H groups in total. The molecule has 1 aromatic heterocycles. The number of piperidine rings is 1. The van der Waals surface area contributed by atoms with Crippen LogP contribution in [0.3, 0.4) is 0 Å². The first-order valence-electron chi connectivity index (χ1n) is 12.0. The summed E-state index contributed by atoms with van der Waals surface area (Å²) in [4.78, 5) is 20.4. The third kappa shape index (κ3) is 4.10. The lowest BCUT2D eigenvalue weighted by Crippen LogP contribution is -2.52. The number of nitrogens with zero attached hydrogens (tertiary/aromatic N) is 5. The second-order valence-corrected chi connectivity index (χ2v) is 9.51. The molecule has 0 spiro atoms. The molecular weight excluding hydrogens is 386 g/mol. The van der Waals surface area contributed by atoms with E-state index in [9.17, 15) is 4.79 Å². The molecule has 2 aromatic rings. The first-order chi connectivity index (χ1) is 15.1. The predicted octanol–water partition coefficient (Wildman–Crippen LogP) is 3.03. The van der Waals surface area contributed by atoms with Crippen molar-refractivity contribution in [2.75, 3.05) is 44.2 Å². The summed E-state index contributed by atoms with van der Waals surface area (Å²) in [6, 6.07) is 9.41. The van der Waals surface area contributed by atoms with Gasteiger partial charge in [-0.15, -0.1) is 0 Å². The predicted molar refractivity (Wildman–Crippen MR) is 124 cm³/mol. The Morgan fingerprint density at radius 1 is 0.968 bits per heavy atom. The van der Waals surface area contributed by atoms with Crippen molar-refractivity contribution in [1.29, 1.82) is 0 Å². The van der Waals surface area contributed by atoms with Crippen molar-refractivity contribution in [2.45, 2.75) is 51.5 Å². The van der Waals surface area contributed by atoms with Crippen molar-refractivity contribution in [1.82, 2.24) is 19.6 Å². The largest absolute Gasteiger partial charge is 0.369 e. The Kier molecular flexibility index (Phi) is 5.74. The molecule has 0 radical (unpaired) electrons. The van der Waals surface area contributed by atoms with Crippen LogP contribution in [0.2, 0.25) is 0 Å². The quantitative estimate of drug-likeness (QED) is 0.764. The fourth-order valence-corrected chi connectivity index (χ4v) is 5.60. The molecule has 3 heterocycles. The molecule has 2 saturated heterocycles. The average Bonchev–Trinajstić information content (AvgIpc) is 3.15. The monoisotopic (exact) mass is 421 g/mol. The third-order valence-electron chi connectivity index (χ3n) is 7.50. The molecule has 1 amide bonds. The Labute approximate surface area is 185 Å². The first-order valence-corrected chi connectivity index (χ1v) is 12.0. The lowest BCUT2D eigenvalue weighted by Gasteiger charge is -2.41. The highest BCUT2D eigenvalue weighted by molar-refractivity contribution is 5.94. The molecule has 2 aliphatic heterocycles. The van der Waals surface area contributed by atoms with Gasteiger partial charge in [0.15, 0.2) is 5.69 Å². The van der Waals surface area contributed by atoms with Gasteiger partial charge >= 0.3 is 0 Å². The number of rotatable bonds is 3. The number of amides is 1. The molecule has 0 bridgehead atoms. The van der Waals surface area contributed by atoms with Gasteiger partial charge < -0.3 is 9.80 Å². The molecule has 1 unspecified atom stereocenters. The minimum absolute atomic E-state index is 0.154. The van der Waals surface area contributed by atoms with E-state index in [0.717, 1.165) is 77.1 Å². The highest BCUT2D eigenvalue weighted by atomic mass is 16.2. The van der Waals surface area contributed by atoms with Crippen LogP contribution in [-0.2, 0) is 19.9 Å². The minimum atomic E-state index is 0.154. The first kappa shape index (κ1) is 20.6. The Hall–Kier alpha value is -2.34. The number of aromatic nitrogens is 2. The summed E-state index contributed by atoms with van der Waals surface area (Å²) in [6.07, 6.45) is 6.62. The molecular formula is C25H35N5O. The number of hydrogen-bond acceptors (Lipinski definition) is 4. The van der Waals surface area contributed by atoms with Crippen molar-refractivity contribution in [2.24, 2.45) is 7.05 Å². The van der Waals surface area contributed by atoms with E-state index in [4.69, 9.17) is 5.10 Å². The number of benzene rings is 1. The summed E-state index contributed by atoms with van der Waals surface area (Å²) in [5, 5.41) is 4.70. The van der Waals surface area contributed by atoms with Crippen LogP contribution in [0, 0.1) is 6.92 Å². The molecule has 0 saturated carbocycles. The molecule has 2 fully saturated rings. The van der Waals surface area contributed by atoms with Crippen LogP contribution in [0.5, 0.6) is 0 Å². The topological polar surface area (TPSA) is 44.6 Å². The number of carbonyl (C=O) groups excluding carboxylic acids is 1. The number of anilines is 1. The van der Waals surface area contributed by atoms with Gasteiger partial charge in [-0.3, -0.25) is 14.4 Å². The maximum Gasteiger partial charge on any atom is 0.274 e. The second-order valence-electron chi connectivity index (χ2n) is 9.51. The molecule has 31 heavy (non-hydrogen) atoms. The van der Waals surface area contributed by atoms with Gasteiger partial charge in [0.1, 0.15) is 0 Å². The Morgan fingerprint density at radius 2 is 1.68 bits per heavy atom. The Balaban J connectivity index is 1.26. The van der Waals surface area contributed by atoms with Crippen molar-refractivity contribution >= 4 is 11.6 Å². The van der Waals surface area contributed by atoms with Crippen LogP contribution in [0.25, 0.3) is 0 Å². The highest BCUT2D eigenvalue weighted by Crippen LogP contribution is 2.29. The van der Waals surface area contributed by atoms with Gasteiger partial charge in [-0.05, 0) is 57.6 Å². The van der Waals surface area contributed by atoms with Crippen molar-refractivity contribution in [3.05, 3.63) is 46.8 Å². The number of piperazine rings is 1. The van der Waals surface area contributed by atoms with Gasteiger partial charge in [0.2, 0.25) is 0 Å². The normalized spacial score (nSPS) is 22.5. The van der Waals surface area contributed by atoms with Gasteiger partial charge in [-0.2, -0.15) is 5.10 Å². The van der Waals surface area contributed by atoms with Crippen LogP contribution < -0.4 is 4.90 Å². The summed E-state index contributed by atoms with van der Waals surface area (Å²) in [5.74, 6) is 0.154. The van der Waals surface area contributed by atoms with Crippen LogP contribution in [0.15, 0.2) is 24.3 Å². The average molecular weight is 422 g/mol. The fraction of sp³-hybridized carbons (Fsp3) is 0.600. The zero-order chi connectivity index (χ0) is 21.4. The summed E-state index contributed by atoms with van der Waals surface area (Å²) >= 11 is 0. The molecule has 3 aliphatic rings. The number of fused-ring (bicyclic) bond motifs is 1. The minimum Gasteiger partial charge on any atom is -0.369 e. The number of aryl methyl sites for hydroxylation is 2. The van der Waals surface area contributed by atoms with Gasteiger partial charge in [0, 0.05) is 69.3 Å². The van der Waals surface area contributed by atoms with Crippen LogP contribution in [-0.4, -0.2) is 70.8 Å². The van der Waals surface area contributed by atoms with E-state index in [1.54, 1.807) is 0 Å². The molecule has 6 heteroatoms. The van der Waals surface area contributed by atoms with Crippen molar-refractivity contribution < 1.29 is 4.79 Å². The van der Waals surface area contributed by atoms with E-state index in [1.807, 2.05) is 16.6 Å². The number of hydrogen-bond donors (Lipinski definition) is 0. The molecule has 6 nitrogen and oxygen atoms in total. The SMILES string of the molecule is Cc1ccc(N2CCN(C3CCc4c(c(C(=O)N5CCCCC5)nn4C)C3)CC2)cc1. The van der Waals surface area contributed by atoms with Crippen LogP contribution in [0.4, 0.5) is 5.69 Å². The van der Waals surface area contributed by atoms with Gasteiger partial charge in [-0.1, -0.05) is 17.7 Å². The summed E-state index contributed by atoms with van der Waals surface area (Å²) in [6.45, 7) is 8.22. The smallest absolute Gasteiger partial charge is 0.274 e. The van der Waals surface area contributed by atoms with E-state index < -0.39 is 0 Å². The highest BCUT2D eigenvalue weighted by Gasteiger charge is 2.34. The lowest BCUT2D eigenvalue weighted by molar-refractivity contribution is 0.0715. The molecule has 5 rings (SSSR count). The van der Waals surface area contributed by atoms with E-state index in [2.05, 4.69) is 41.0 Å². The fourth-order valence-electron chi connectivity index (χ4n) is 5.60. The second kappa shape index (κ2) is 8.65. The number of carbonyl (C=O) groups is 1. The zero-order valence-corrected chi connectivity index (χ0v) is 19.0. The Morgan fingerprint density at radius 3 is 2.39 bits per heavy atom. The summed E-state index contributed by atoms with van der Waals surface area (Å²) in [7, 11) is 2.01.